The third-order valence-corrected chi connectivity index (χ3v) is 1.90. The Morgan fingerprint density at radius 2 is 1.90 bits per heavy atom. The predicted octanol–water partition coefficient (Wildman–Crippen LogP) is 2.33. The predicted molar refractivity (Wildman–Crippen MR) is 46.9 cm³/mol. The molecule has 1 heteroatoms. The van der Waals surface area contributed by atoms with Crippen LogP contribution in [0.2, 0.25) is 0 Å². The Kier molecular flexibility index (Phi) is 4.37. The maximum atomic E-state index is 5.61. The van der Waals surface area contributed by atoms with Gasteiger partial charge in [0.05, 0.1) is 0 Å². The van der Waals surface area contributed by atoms with Crippen LogP contribution < -0.4 is 5.73 Å². The van der Waals surface area contributed by atoms with E-state index >= 15 is 0 Å². The number of rotatable bonds is 4. The molecule has 0 aromatic heterocycles. The van der Waals surface area contributed by atoms with E-state index in [0.29, 0.717) is 12.0 Å². The number of allylic oxidation sites excluding steroid dienone is 1. The van der Waals surface area contributed by atoms with Gasteiger partial charge in [0.1, 0.15) is 0 Å². The van der Waals surface area contributed by atoms with Gasteiger partial charge in [0.15, 0.2) is 0 Å². The largest absolute Gasteiger partial charge is 0.328 e. The third kappa shape index (κ3) is 4.57. The minimum atomic E-state index is 0.335. The normalized spacial score (nSPS) is 16.4. The Labute approximate surface area is 64.3 Å². The van der Waals surface area contributed by atoms with Gasteiger partial charge in [0.2, 0.25) is 0 Å². The average molecular weight is 141 g/mol. The first-order valence-corrected chi connectivity index (χ1v) is 3.95. The number of hydrogen-bond acceptors (Lipinski definition) is 1. The van der Waals surface area contributed by atoms with Crippen molar-refractivity contribution in [2.24, 2.45) is 11.7 Å². The summed E-state index contributed by atoms with van der Waals surface area (Å²) in [5.41, 5.74) is 6.88. The molecule has 0 aliphatic carbocycles. The van der Waals surface area contributed by atoms with Crippen molar-refractivity contribution in [1.82, 2.24) is 0 Å². The molecule has 2 atom stereocenters. The van der Waals surface area contributed by atoms with Crippen molar-refractivity contribution in [3.8, 4) is 0 Å². The molecule has 0 saturated heterocycles. The van der Waals surface area contributed by atoms with Crippen LogP contribution >= 0.6 is 0 Å². The highest BCUT2D eigenvalue weighted by Crippen LogP contribution is 2.14. The number of hydrogen-bond donors (Lipinski definition) is 1. The molecular formula is C9H19N. The van der Waals surface area contributed by atoms with Gasteiger partial charge in [-0.3, -0.25) is 0 Å². The van der Waals surface area contributed by atoms with Gasteiger partial charge in [-0.2, -0.15) is 0 Å². The summed E-state index contributed by atoms with van der Waals surface area (Å²) in [6.45, 7) is 10.2. The fourth-order valence-corrected chi connectivity index (χ4v) is 0.759. The molecule has 0 saturated carbocycles. The van der Waals surface area contributed by atoms with Crippen molar-refractivity contribution in [3.63, 3.8) is 0 Å². The molecule has 0 amide bonds. The summed E-state index contributed by atoms with van der Waals surface area (Å²) < 4.78 is 0. The summed E-state index contributed by atoms with van der Waals surface area (Å²) in [7, 11) is 0. The van der Waals surface area contributed by atoms with Crippen LogP contribution in [0.5, 0.6) is 0 Å². The minimum Gasteiger partial charge on any atom is -0.328 e. The molecule has 0 rings (SSSR count). The second-order valence-electron chi connectivity index (χ2n) is 3.30. The van der Waals surface area contributed by atoms with Gasteiger partial charge in [-0.05, 0) is 32.6 Å². The molecule has 2 N–H and O–H groups in total. The Bertz CT molecular complexity index is 105. The van der Waals surface area contributed by atoms with E-state index in [0.717, 1.165) is 6.42 Å². The molecule has 0 bridgehead atoms. The third-order valence-electron chi connectivity index (χ3n) is 1.90. The molecule has 2 unspecified atom stereocenters. The summed E-state index contributed by atoms with van der Waals surface area (Å²) in [5, 5.41) is 0. The molecule has 0 aromatic rings. The van der Waals surface area contributed by atoms with Crippen LogP contribution in [0.1, 0.15) is 33.6 Å². The van der Waals surface area contributed by atoms with E-state index in [9.17, 15) is 0 Å². The highest BCUT2D eigenvalue weighted by atomic mass is 14.6. The lowest BCUT2D eigenvalue weighted by Crippen LogP contribution is -2.15. The Hall–Kier alpha value is -0.300. The first-order chi connectivity index (χ1) is 4.54. The summed E-state index contributed by atoms with van der Waals surface area (Å²) in [6, 6.07) is 0.335. The van der Waals surface area contributed by atoms with E-state index in [2.05, 4.69) is 20.4 Å². The molecule has 1 nitrogen and oxygen atoms in total. The van der Waals surface area contributed by atoms with Gasteiger partial charge in [0.25, 0.3) is 0 Å². The summed E-state index contributed by atoms with van der Waals surface area (Å²) in [6.07, 6.45) is 2.28. The lowest BCUT2D eigenvalue weighted by Gasteiger charge is -2.11. The second-order valence-corrected chi connectivity index (χ2v) is 3.30. The van der Waals surface area contributed by atoms with Crippen LogP contribution in [0, 0.1) is 5.92 Å². The van der Waals surface area contributed by atoms with Gasteiger partial charge in [-0.15, -0.1) is 0 Å². The van der Waals surface area contributed by atoms with Crippen LogP contribution in [0.25, 0.3) is 0 Å². The average Bonchev–Trinajstić information content (AvgIpc) is 1.82. The molecular weight excluding hydrogens is 122 g/mol. The molecule has 0 radical (unpaired) electrons. The molecule has 0 aliphatic heterocycles. The molecule has 0 spiro atoms. The van der Waals surface area contributed by atoms with E-state index < -0.39 is 0 Å². The fourth-order valence-electron chi connectivity index (χ4n) is 0.759. The maximum absolute atomic E-state index is 5.61. The monoisotopic (exact) mass is 141 g/mol. The van der Waals surface area contributed by atoms with Gasteiger partial charge >= 0.3 is 0 Å². The Balaban J connectivity index is 3.40. The minimum absolute atomic E-state index is 0.335. The van der Waals surface area contributed by atoms with Crippen LogP contribution in [-0.2, 0) is 0 Å². The number of nitrogens with two attached hydrogens (primary N) is 1. The maximum Gasteiger partial charge on any atom is 0.00106 e. The van der Waals surface area contributed by atoms with E-state index in [1.165, 1.54) is 12.0 Å². The quantitative estimate of drug-likeness (QED) is 0.597. The lowest BCUT2D eigenvalue weighted by atomic mass is 9.97. The van der Waals surface area contributed by atoms with Gasteiger partial charge < -0.3 is 5.73 Å². The zero-order valence-electron chi connectivity index (χ0n) is 7.35. The topological polar surface area (TPSA) is 26.0 Å². The molecule has 0 aromatic carbocycles. The van der Waals surface area contributed by atoms with Crippen molar-refractivity contribution < 1.29 is 0 Å². The van der Waals surface area contributed by atoms with E-state index in [1.54, 1.807) is 0 Å². The van der Waals surface area contributed by atoms with Crippen molar-refractivity contribution in [3.05, 3.63) is 12.2 Å². The van der Waals surface area contributed by atoms with Crippen molar-refractivity contribution in [1.29, 1.82) is 0 Å². The SMILES string of the molecule is C=C(C)C(C)CCC(C)N. The summed E-state index contributed by atoms with van der Waals surface area (Å²) >= 11 is 0. The van der Waals surface area contributed by atoms with E-state index in [-0.39, 0.29) is 0 Å². The standard InChI is InChI=1S/C9H19N/c1-7(2)8(3)5-6-9(4)10/h8-9H,1,5-6,10H2,2-4H3. The highest BCUT2D eigenvalue weighted by molar-refractivity contribution is 4.93. The van der Waals surface area contributed by atoms with Crippen LogP contribution in [0.15, 0.2) is 12.2 Å². The van der Waals surface area contributed by atoms with Gasteiger partial charge in [-0.25, -0.2) is 0 Å². The van der Waals surface area contributed by atoms with Crippen molar-refractivity contribution in [2.75, 3.05) is 0 Å². The highest BCUT2D eigenvalue weighted by Gasteiger charge is 2.02. The van der Waals surface area contributed by atoms with Crippen molar-refractivity contribution in [2.45, 2.75) is 39.7 Å². The van der Waals surface area contributed by atoms with E-state index in [1.807, 2.05) is 6.92 Å². The summed E-state index contributed by atoms with van der Waals surface area (Å²) in [4.78, 5) is 0. The smallest absolute Gasteiger partial charge is 0.00106 e. The van der Waals surface area contributed by atoms with Crippen LogP contribution in [0.4, 0.5) is 0 Å². The molecule has 0 aliphatic rings. The van der Waals surface area contributed by atoms with Gasteiger partial charge in [-0.1, -0.05) is 19.1 Å². The lowest BCUT2D eigenvalue weighted by molar-refractivity contribution is 0.532. The molecule has 10 heavy (non-hydrogen) atoms. The molecule has 0 heterocycles. The molecule has 60 valence electrons. The van der Waals surface area contributed by atoms with E-state index in [4.69, 9.17) is 5.73 Å². The second kappa shape index (κ2) is 4.51. The zero-order chi connectivity index (χ0) is 8.15. The first-order valence-electron chi connectivity index (χ1n) is 3.95. The Morgan fingerprint density at radius 3 is 2.20 bits per heavy atom. The Morgan fingerprint density at radius 1 is 1.40 bits per heavy atom. The van der Waals surface area contributed by atoms with Gasteiger partial charge in [0, 0.05) is 6.04 Å². The zero-order valence-corrected chi connectivity index (χ0v) is 7.35. The molecule has 0 fully saturated rings. The first kappa shape index (κ1) is 9.70. The van der Waals surface area contributed by atoms with Crippen molar-refractivity contribution >= 4 is 0 Å². The summed E-state index contributed by atoms with van der Waals surface area (Å²) in [5.74, 6) is 0.631. The van der Waals surface area contributed by atoms with Crippen LogP contribution in [0.3, 0.4) is 0 Å². The fraction of sp³-hybridized carbons (Fsp3) is 0.778. The van der Waals surface area contributed by atoms with Crippen LogP contribution in [-0.4, -0.2) is 6.04 Å².